The summed E-state index contributed by atoms with van der Waals surface area (Å²) in [6.07, 6.45) is 4.26. The fourth-order valence-corrected chi connectivity index (χ4v) is 3.10. The van der Waals surface area contributed by atoms with Crippen molar-refractivity contribution >= 4 is 45.1 Å². The van der Waals surface area contributed by atoms with Crippen LogP contribution < -0.4 is 4.74 Å². The van der Waals surface area contributed by atoms with Crippen molar-refractivity contribution in [3.63, 3.8) is 0 Å². The summed E-state index contributed by atoms with van der Waals surface area (Å²) in [6, 6.07) is 1.99. The van der Waals surface area contributed by atoms with E-state index in [9.17, 15) is 0 Å². The van der Waals surface area contributed by atoms with E-state index in [4.69, 9.17) is 36.8 Å². The number of carboxylic acid groups (broad SMARTS) is 2. The van der Waals surface area contributed by atoms with Gasteiger partial charge in [-0.05, 0) is 47.9 Å². The van der Waals surface area contributed by atoms with Crippen LogP contribution in [0.5, 0.6) is 5.88 Å². The van der Waals surface area contributed by atoms with Crippen molar-refractivity contribution in [2.24, 2.45) is 0 Å². The molecule has 1 unspecified atom stereocenters. The molecule has 1 atom stereocenters. The van der Waals surface area contributed by atoms with Crippen LogP contribution in [0.1, 0.15) is 18.4 Å². The van der Waals surface area contributed by atoms with Crippen LogP contribution in [0.4, 0.5) is 0 Å². The number of carbonyl (C=O) groups is 2. The summed E-state index contributed by atoms with van der Waals surface area (Å²) in [5, 5.41) is 14.8. The Morgan fingerprint density at radius 2 is 2.04 bits per heavy atom. The standard InChI is InChI=1S/C14H18BrN3OS.C2H2O4/c1-17-9-11(3-6-18-4-2-5-18)19-13-12(14(17)20)7-10(15)8-16-13;3-1(4)2(5)6/h7-8,11H,2-6,9H2,1H3;(H,3,4)(H,5,6). The number of likely N-dealkylation sites (tertiary alicyclic amines) is 1. The lowest BCUT2D eigenvalue weighted by Crippen LogP contribution is -2.41. The highest BCUT2D eigenvalue weighted by Crippen LogP contribution is 2.26. The Morgan fingerprint density at radius 1 is 1.38 bits per heavy atom. The van der Waals surface area contributed by atoms with E-state index >= 15 is 0 Å². The third-order valence-electron chi connectivity index (χ3n) is 4.05. The number of rotatable bonds is 3. The molecule has 8 nitrogen and oxygen atoms in total. The van der Waals surface area contributed by atoms with E-state index < -0.39 is 11.9 Å². The highest BCUT2D eigenvalue weighted by molar-refractivity contribution is 9.10. The maximum Gasteiger partial charge on any atom is 0.414 e. The van der Waals surface area contributed by atoms with Gasteiger partial charge < -0.3 is 24.7 Å². The number of halogens is 1. The highest BCUT2D eigenvalue weighted by atomic mass is 79.9. The summed E-state index contributed by atoms with van der Waals surface area (Å²) >= 11 is 8.97. The van der Waals surface area contributed by atoms with Crippen molar-refractivity contribution in [3.8, 4) is 5.88 Å². The van der Waals surface area contributed by atoms with Gasteiger partial charge in [-0.25, -0.2) is 14.6 Å². The minimum Gasteiger partial charge on any atom is -0.473 e. The molecular formula is C16H20BrN3O5S. The third kappa shape index (κ3) is 5.61. The van der Waals surface area contributed by atoms with Crippen molar-refractivity contribution in [2.75, 3.05) is 33.2 Å². The maximum absolute atomic E-state index is 9.10. The van der Waals surface area contributed by atoms with Gasteiger partial charge in [0, 0.05) is 24.3 Å². The topological polar surface area (TPSA) is 103 Å². The molecule has 0 spiro atoms. The number of thiocarbonyl (C=S) groups is 1. The van der Waals surface area contributed by atoms with Crippen molar-refractivity contribution < 1.29 is 24.5 Å². The Hall–Kier alpha value is -1.78. The van der Waals surface area contributed by atoms with Crippen LogP contribution in [0.15, 0.2) is 16.7 Å². The number of nitrogens with zero attached hydrogens (tertiary/aromatic N) is 3. The van der Waals surface area contributed by atoms with Crippen LogP contribution in [0.2, 0.25) is 0 Å². The number of carboxylic acids is 2. The molecule has 0 saturated carbocycles. The molecule has 10 heteroatoms. The number of aromatic nitrogens is 1. The minimum absolute atomic E-state index is 0.147. The van der Waals surface area contributed by atoms with E-state index in [2.05, 4.69) is 30.7 Å². The fraction of sp³-hybridized carbons (Fsp3) is 0.500. The second kappa shape index (κ2) is 9.24. The molecule has 1 saturated heterocycles. The van der Waals surface area contributed by atoms with Crippen LogP contribution in [0, 0.1) is 0 Å². The molecule has 3 rings (SSSR count). The number of hydrogen-bond donors (Lipinski definition) is 2. The average Bonchev–Trinajstić information content (AvgIpc) is 2.64. The van der Waals surface area contributed by atoms with Gasteiger partial charge in [-0.15, -0.1) is 0 Å². The second-order valence-electron chi connectivity index (χ2n) is 6.03. The van der Waals surface area contributed by atoms with Gasteiger partial charge in [0.1, 0.15) is 11.1 Å². The van der Waals surface area contributed by atoms with Gasteiger partial charge in [0.2, 0.25) is 5.88 Å². The lowest BCUT2D eigenvalue weighted by molar-refractivity contribution is -0.159. The largest absolute Gasteiger partial charge is 0.473 e. The molecule has 2 aliphatic heterocycles. The smallest absolute Gasteiger partial charge is 0.414 e. The summed E-state index contributed by atoms with van der Waals surface area (Å²) < 4.78 is 7.01. The van der Waals surface area contributed by atoms with E-state index in [0.717, 1.165) is 34.5 Å². The molecule has 2 aliphatic rings. The number of aliphatic carboxylic acids is 2. The number of ether oxygens (including phenoxy) is 1. The van der Waals surface area contributed by atoms with Crippen LogP contribution in [0.3, 0.4) is 0 Å². The first kappa shape index (κ1) is 20.5. The van der Waals surface area contributed by atoms with Gasteiger partial charge >= 0.3 is 11.9 Å². The normalized spacial score (nSPS) is 19.2. The predicted octanol–water partition coefficient (Wildman–Crippen LogP) is 1.46. The van der Waals surface area contributed by atoms with Gasteiger partial charge in [-0.3, -0.25) is 0 Å². The Bertz CT molecular complexity index is 686. The second-order valence-corrected chi connectivity index (χ2v) is 7.33. The molecule has 1 aromatic rings. The zero-order chi connectivity index (χ0) is 19.3. The minimum atomic E-state index is -1.82. The summed E-state index contributed by atoms with van der Waals surface area (Å²) in [5.41, 5.74) is 0.906. The Morgan fingerprint density at radius 3 is 2.58 bits per heavy atom. The Labute approximate surface area is 164 Å². The van der Waals surface area contributed by atoms with E-state index in [1.54, 1.807) is 6.20 Å². The van der Waals surface area contributed by atoms with Crippen molar-refractivity contribution in [3.05, 3.63) is 22.3 Å². The van der Waals surface area contributed by atoms with Gasteiger partial charge in [-0.2, -0.15) is 0 Å². The molecule has 0 amide bonds. The first-order valence-electron chi connectivity index (χ1n) is 8.04. The molecule has 0 aliphatic carbocycles. The lowest BCUT2D eigenvalue weighted by Gasteiger charge is -2.32. The van der Waals surface area contributed by atoms with Crippen LogP contribution >= 0.6 is 28.1 Å². The van der Waals surface area contributed by atoms with E-state index in [0.29, 0.717) is 5.88 Å². The van der Waals surface area contributed by atoms with Gasteiger partial charge in [0.15, 0.2) is 0 Å². The van der Waals surface area contributed by atoms with E-state index in [-0.39, 0.29) is 6.10 Å². The quantitative estimate of drug-likeness (QED) is 0.528. The number of fused-ring (bicyclic) bond motifs is 1. The lowest BCUT2D eigenvalue weighted by atomic mass is 10.1. The molecule has 1 fully saturated rings. The zero-order valence-electron chi connectivity index (χ0n) is 14.2. The third-order valence-corrected chi connectivity index (χ3v) is 5.01. The molecule has 26 heavy (non-hydrogen) atoms. The van der Waals surface area contributed by atoms with Crippen LogP contribution in [0.25, 0.3) is 0 Å². The molecule has 1 aromatic heterocycles. The predicted molar refractivity (Wildman–Crippen MR) is 102 cm³/mol. The van der Waals surface area contributed by atoms with Crippen LogP contribution in [-0.4, -0.2) is 81.3 Å². The fourth-order valence-electron chi connectivity index (χ4n) is 2.55. The van der Waals surface area contributed by atoms with Crippen molar-refractivity contribution in [1.82, 2.24) is 14.8 Å². The van der Waals surface area contributed by atoms with Gasteiger partial charge in [0.25, 0.3) is 0 Å². The van der Waals surface area contributed by atoms with E-state index in [1.807, 2.05) is 13.1 Å². The zero-order valence-corrected chi connectivity index (χ0v) is 16.6. The van der Waals surface area contributed by atoms with Crippen molar-refractivity contribution in [2.45, 2.75) is 18.9 Å². The Kier molecular flexibility index (Phi) is 7.30. The summed E-state index contributed by atoms with van der Waals surface area (Å²) in [7, 11) is 2.03. The molecule has 0 radical (unpaired) electrons. The molecule has 3 heterocycles. The number of pyridine rings is 1. The SMILES string of the molecule is CN1CC(CCN2CCC2)Oc2ncc(Br)cc2C1=S.O=C(O)C(=O)O. The number of hydrogen-bond acceptors (Lipinski definition) is 6. The Balaban J connectivity index is 0.000000352. The molecule has 0 bridgehead atoms. The maximum atomic E-state index is 9.10. The average molecular weight is 446 g/mol. The number of likely N-dealkylation sites (N-methyl/N-ethyl adjacent to an activating group) is 1. The van der Waals surface area contributed by atoms with Gasteiger partial charge in [0.05, 0.1) is 12.1 Å². The first-order valence-corrected chi connectivity index (χ1v) is 9.24. The van der Waals surface area contributed by atoms with Gasteiger partial charge in [-0.1, -0.05) is 12.2 Å². The highest BCUT2D eigenvalue weighted by Gasteiger charge is 2.26. The monoisotopic (exact) mass is 445 g/mol. The van der Waals surface area contributed by atoms with Crippen molar-refractivity contribution in [1.29, 1.82) is 0 Å². The summed E-state index contributed by atoms with van der Waals surface area (Å²) in [5.74, 6) is -2.99. The molecule has 0 aromatic carbocycles. The summed E-state index contributed by atoms with van der Waals surface area (Å²) in [4.78, 5) is 27.9. The first-order chi connectivity index (χ1) is 12.3. The van der Waals surface area contributed by atoms with Crippen LogP contribution in [-0.2, 0) is 9.59 Å². The molecular weight excluding hydrogens is 426 g/mol. The van der Waals surface area contributed by atoms with E-state index in [1.165, 1.54) is 19.5 Å². The molecule has 2 N–H and O–H groups in total. The summed E-state index contributed by atoms with van der Waals surface area (Å²) in [6.45, 7) is 4.36. The molecule has 142 valence electrons.